The van der Waals surface area contributed by atoms with Crippen LogP contribution in [0.5, 0.6) is 0 Å². The Hall–Kier alpha value is -2.48. The van der Waals surface area contributed by atoms with Crippen molar-refractivity contribution in [2.75, 3.05) is 6.61 Å². The number of aliphatic hydroxyl groups is 1. The third kappa shape index (κ3) is 3.92. The molecular formula is C26H28O5S2. The van der Waals surface area contributed by atoms with E-state index in [2.05, 4.69) is 6.58 Å². The van der Waals surface area contributed by atoms with Gasteiger partial charge in [0.2, 0.25) is 0 Å². The Bertz CT molecular complexity index is 1240. The van der Waals surface area contributed by atoms with Gasteiger partial charge in [0, 0.05) is 18.9 Å². The van der Waals surface area contributed by atoms with E-state index in [-0.39, 0.29) is 35.2 Å². The molecule has 0 aliphatic heterocycles. The van der Waals surface area contributed by atoms with Crippen molar-refractivity contribution in [3.63, 3.8) is 0 Å². The van der Waals surface area contributed by atoms with E-state index in [0.717, 1.165) is 29.6 Å². The Morgan fingerprint density at radius 1 is 0.909 bits per heavy atom. The molecular weight excluding hydrogens is 456 g/mol. The fourth-order valence-corrected chi connectivity index (χ4v) is 9.93. The average Bonchev–Trinajstić information content (AvgIpc) is 2.84. The number of benzene rings is 2. The number of hydrogen-bond donors (Lipinski definition) is 1. The first-order valence-corrected chi connectivity index (χ1v) is 14.0. The molecule has 2 aromatic rings. The maximum atomic E-state index is 14.1. The van der Waals surface area contributed by atoms with E-state index in [1.54, 1.807) is 36.4 Å². The van der Waals surface area contributed by atoms with Crippen molar-refractivity contribution in [2.24, 2.45) is 5.92 Å². The summed E-state index contributed by atoms with van der Waals surface area (Å²) in [5.74, 6) is -0.380. The lowest BCUT2D eigenvalue weighted by Crippen LogP contribution is -2.50. The predicted octanol–water partition coefficient (Wildman–Crippen LogP) is 4.63. The minimum atomic E-state index is -4.27. The van der Waals surface area contributed by atoms with Crippen molar-refractivity contribution >= 4 is 19.7 Å². The summed E-state index contributed by atoms with van der Waals surface area (Å²) in [5, 5.41) is 9.22. The van der Waals surface area contributed by atoms with E-state index in [9.17, 15) is 21.9 Å². The second-order valence-corrected chi connectivity index (χ2v) is 13.3. The lowest BCUT2D eigenvalue weighted by Gasteiger charge is -2.42. The molecule has 174 valence electrons. The zero-order chi connectivity index (χ0) is 23.7. The highest BCUT2D eigenvalue weighted by atomic mass is 32.3. The van der Waals surface area contributed by atoms with Gasteiger partial charge in [0.1, 0.15) is 0 Å². The molecule has 1 atom stereocenters. The number of allylic oxidation sites excluding steroid dienone is 4. The highest BCUT2D eigenvalue weighted by Gasteiger charge is 2.58. The van der Waals surface area contributed by atoms with Gasteiger partial charge in [-0.15, -0.1) is 0 Å². The molecule has 0 heterocycles. The molecule has 4 rings (SSSR count). The Morgan fingerprint density at radius 3 is 1.97 bits per heavy atom. The van der Waals surface area contributed by atoms with Crippen molar-refractivity contribution in [3.8, 4) is 0 Å². The van der Waals surface area contributed by atoms with Gasteiger partial charge in [0.15, 0.2) is 23.8 Å². The van der Waals surface area contributed by atoms with Crippen LogP contribution in [-0.2, 0) is 19.7 Å². The molecule has 1 fully saturated rings. The van der Waals surface area contributed by atoms with E-state index in [1.807, 2.05) is 12.2 Å². The van der Waals surface area contributed by atoms with Crippen molar-refractivity contribution in [2.45, 2.75) is 46.0 Å². The summed E-state index contributed by atoms with van der Waals surface area (Å²) in [5.41, 5.74) is 2.76. The zero-order valence-corrected chi connectivity index (χ0v) is 20.0. The van der Waals surface area contributed by atoms with E-state index < -0.39 is 23.8 Å². The fourth-order valence-electron chi connectivity index (χ4n) is 4.92. The van der Waals surface area contributed by atoms with Crippen LogP contribution >= 0.6 is 0 Å². The van der Waals surface area contributed by atoms with Crippen LogP contribution in [0.4, 0.5) is 0 Å². The largest absolute Gasteiger partial charge is 0.396 e. The van der Waals surface area contributed by atoms with Crippen LogP contribution in [0.3, 0.4) is 0 Å². The van der Waals surface area contributed by atoms with Gasteiger partial charge in [0.05, 0.1) is 9.79 Å². The first-order chi connectivity index (χ1) is 15.7. The van der Waals surface area contributed by atoms with E-state index in [1.165, 1.54) is 24.3 Å². The molecule has 2 aliphatic rings. The second kappa shape index (κ2) is 9.05. The summed E-state index contributed by atoms with van der Waals surface area (Å²) in [7, 11) is -8.54. The molecule has 7 heteroatoms. The van der Waals surface area contributed by atoms with Gasteiger partial charge in [0.25, 0.3) is 0 Å². The monoisotopic (exact) mass is 484 g/mol. The normalized spacial score (nSPS) is 22.0. The first kappa shape index (κ1) is 23.7. The molecule has 0 saturated heterocycles. The minimum Gasteiger partial charge on any atom is -0.396 e. The molecule has 0 aromatic heterocycles. The first-order valence-electron chi connectivity index (χ1n) is 11.0. The van der Waals surface area contributed by atoms with Crippen LogP contribution in [0.1, 0.15) is 32.1 Å². The maximum Gasteiger partial charge on any atom is 0.199 e. The third-order valence-electron chi connectivity index (χ3n) is 6.76. The maximum absolute atomic E-state index is 14.1. The fraction of sp³-hybridized carbons (Fsp3) is 0.308. The number of fused-ring (bicyclic) bond motifs is 1. The van der Waals surface area contributed by atoms with Crippen LogP contribution in [-0.4, -0.2) is 32.6 Å². The summed E-state index contributed by atoms with van der Waals surface area (Å²) in [4.78, 5) is -0.00218. The third-order valence-corrected chi connectivity index (χ3v) is 12.5. The quantitative estimate of drug-likeness (QED) is 0.604. The summed E-state index contributed by atoms with van der Waals surface area (Å²) >= 11 is 0. The van der Waals surface area contributed by atoms with Gasteiger partial charge in [-0.1, -0.05) is 60.7 Å². The summed E-state index contributed by atoms with van der Waals surface area (Å²) in [6.07, 6.45) is 5.52. The molecule has 2 aromatic carbocycles. The predicted molar refractivity (Wildman–Crippen MR) is 129 cm³/mol. The summed E-state index contributed by atoms with van der Waals surface area (Å²) in [6.45, 7) is 4.24. The zero-order valence-electron chi connectivity index (χ0n) is 18.4. The Labute approximate surface area is 196 Å². The van der Waals surface area contributed by atoms with E-state index in [0.29, 0.717) is 6.42 Å². The number of rotatable bonds is 6. The molecule has 2 aliphatic carbocycles. The molecule has 33 heavy (non-hydrogen) atoms. The minimum absolute atomic E-state index is 0.00109. The Morgan fingerprint density at radius 2 is 1.45 bits per heavy atom. The second-order valence-electron chi connectivity index (χ2n) is 8.55. The lowest BCUT2D eigenvalue weighted by atomic mass is 9.72. The van der Waals surface area contributed by atoms with Gasteiger partial charge in [-0.05, 0) is 61.1 Å². The molecule has 0 spiro atoms. The standard InChI is InChI=1S/C26H28O5S2/c1-20-21(9-8-18-27)14-15-22-16-17-26(19-25(20)22,32(28,29)23-10-4-2-5-11-23)33(30,31)24-12-6-3-7-13-24/h2-7,9-13,16,25,27H,1,8,14-15,17-19H2/b21-9+. The molecule has 0 radical (unpaired) electrons. The SMILES string of the molecule is C=C1/C(=C/CCO)CCC2=CCC(S(=O)(=O)c3ccccc3)(S(=O)(=O)c3ccccc3)CC12. The van der Waals surface area contributed by atoms with Gasteiger partial charge < -0.3 is 5.11 Å². The van der Waals surface area contributed by atoms with Crippen LogP contribution < -0.4 is 0 Å². The van der Waals surface area contributed by atoms with Gasteiger partial charge in [-0.25, -0.2) is 16.8 Å². The summed E-state index contributed by atoms with van der Waals surface area (Å²) in [6, 6.07) is 15.7. The smallest absolute Gasteiger partial charge is 0.199 e. The molecule has 1 N–H and O–H groups in total. The Balaban J connectivity index is 1.91. The molecule has 0 amide bonds. The molecule has 0 bridgehead atoms. The molecule has 1 saturated carbocycles. The number of hydrogen-bond acceptors (Lipinski definition) is 5. The molecule has 5 nitrogen and oxygen atoms in total. The van der Waals surface area contributed by atoms with E-state index >= 15 is 0 Å². The van der Waals surface area contributed by atoms with Gasteiger partial charge in [-0.2, -0.15) is 0 Å². The molecule has 1 unspecified atom stereocenters. The topological polar surface area (TPSA) is 88.5 Å². The average molecular weight is 485 g/mol. The van der Waals surface area contributed by atoms with Crippen molar-refractivity contribution in [1.82, 2.24) is 0 Å². The number of aliphatic hydroxyl groups excluding tert-OH is 1. The summed E-state index contributed by atoms with van der Waals surface area (Å²) < 4.78 is 54.3. The number of sulfone groups is 2. The van der Waals surface area contributed by atoms with Crippen molar-refractivity contribution < 1.29 is 21.9 Å². The van der Waals surface area contributed by atoms with Crippen molar-refractivity contribution in [1.29, 1.82) is 0 Å². The van der Waals surface area contributed by atoms with Crippen LogP contribution in [0.2, 0.25) is 0 Å². The van der Waals surface area contributed by atoms with Crippen molar-refractivity contribution in [3.05, 3.63) is 96.1 Å². The lowest BCUT2D eigenvalue weighted by molar-refractivity contribution is 0.302. The van der Waals surface area contributed by atoms with E-state index in [4.69, 9.17) is 0 Å². The van der Waals surface area contributed by atoms with Crippen LogP contribution in [0.25, 0.3) is 0 Å². The highest BCUT2D eigenvalue weighted by Crippen LogP contribution is 2.52. The van der Waals surface area contributed by atoms with Crippen LogP contribution in [0, 0.1) is 5.92 Å². The highest BCUT2D eigenvalue weighted by molar-refractivity contribution is 8.10. The Kier molecular flexibility index (Phi) is 6.49. The van der Waals surface area contributed by atoms with Crippen LogP contribution in [0.15, 0.2) is 106 Å². The van der Waals surface area contributed by atoms with Gasteiger partial charge >= 0.3 is 0 Å². The van der Waals surface area contributed by atoms with Gasteiger partial charge in [-0.3, -0.25) is 0 Å².